The molecule has 0 spiro atoms. The highest BCUT2D eigenvalue weighted by molar-refractivity contribution is 5.92. The van der Waals surface area contributed by atoms with Gasteiger partial charge >= 0.3 is 23.9 Å². The van der Waals surface area contributed by atoms with Crippen LogP contribution in [0, 0.1) is 5.92 Å². The predicted molar refractivity (Wildman–Crippen MR) is 114 cm³/mol. The van der Waals surface area contributed by atoms with E-state index in [0.717, 1.165) is 0 Å². The zero-order valence-electron chi connectivity index (χ0n) is 19.5. The molecular weight excluding hydrogens is 448 g/mol. The van der Waals surface area contributed by atoms with E-state index in [-0.39, 0.29) is 49.1 Å². The molecule has 10 heteroatoms. The lowest BCUT2D eigenvalue weighted by atomic mass is 9.82. The molecule has 3 fully saturated rings. The van der Waals surface area contributed by atoms with Crippen molar-refractivity contribution in [3.8, 4) is 0 Å². The zero-order valence-corrected chi connectivity index (χ0v) is 19.5. The Morgan fingerprint density at radius 3 is 2.59 bits per heavy atom. The summed E-state index contributed by atoms with van der Waals surface area (Å²) in [5.41, 5.74) is 0.320. The van der Waals surface area contributed by atoms with E-state index in [1.165, 1.54) is 19.9 Å². The van der Waals surface area contributed by atoms with Crippen molar-refractivity contribution in [1.29, 1.82) is 0 Å². The first kappa shape index (κ1) is 24.2. The molecule has 0 N–H and O–H groups in total. The average molecular weight is 476 g/mol. The van der Waals surface area contributed by atoms with Crippen LogP contribution in [0.25, 0.3) is 0 Å². The molecule has 0 aromatic rings. The third-order valence-corrected chi connectivity index (χ3v) is 6.52. The smallest absolute Gasteiger partial charge is 0.337 e. The van der Waals surface area contributed by atoms with Crippen molar-refractivity contribution in [1.82, 2.24) is 0 Å². The number of rotatable bonds is 6. The highest BCUT2D eigenvalue weighted by Gasteiger charge is 2.67. The quantitative estimate of drug-likeness (QED) is 0.182. The number of carbonyl (C=O) groups is 4. The second-order valence-corrected chi connectivity index (χ2v) is 9.06. The minimum Gasteiger partial charge on any atom is -0.461 e. The van der Waals surface area contributed by atoms with Crippen LogP contribution in [0.1, 0.15) is 34.1 Å². The highest BCUT2D eigenvalue weighted by Crippen LogP contribution is 2.53. The summed E-state index contributed by atoms with van der Waals surface area (Å²) in [7, 11) is 0. The van der Waals surface area contributed by atoms with Crippen molar-refractivity contribution in [3.05, 3.63) is 35.5 Å². The molecule has 1 aliphatic carbocycles. The van der Waals surface area contributed by atoms with Crippen LogP contribution in [0.5, 0.6) is 0 Å². The molecule has 3 heterocycles. The standard InChI is InChI=1S/C24H28O10/c1-6-14(9-29-12(3)25)23(28)32-17-8-24(5)21(34-24)20-19(33-20)15(10-30-13(4)26)7-16-18(17)11(2)22(27)31-16/h6-7,16-21H,2,8-10H2,1,3-5H3/b14-6-,15-7-/t16-,17-,18+,19+,20+,21-,24-/m1/s1. The number of carbonyl (C=O) groups excluding carboxylic acids is 4. The maximum atomic E-state index is 12.9. The molecule has 3 aliphatic heterocycles. The fourth-order valence-corrected chi connectivity index (χ4v) is 4.58. The summed E-state index contributed by atoms with van der Waals surface area (Å²) in [6.45, 7) is 9.69. The molecule has 4 aliphatic rings. The van der Waals surface area contributed by atoms with Crippen LogP contribution in [0.2, 0.25) is 0 Å². The second-order valence-electron chi connectivity index (χ2n) is 9.06. The first-order valence-corrected chi connectivity index (χ1v) is 11.1. The molecule has 10 nitrogen and oxygen atoms in total. The summed E-state index contributed by atoms with van der Waals surface area (Å²) in [4.78, 5) is 48.0. The molecule has 0 aromatic heterocycles. The number of hydrogen-bond acceptors (Lipinski definition) is 10. The highest BCUT2D eigenvalue weighted by atomic mass is 16.7. The van der Waals surface area contributed by atoms with E-state index < -0.39 is 47.6 Å². The minimum atomic E-state index is -0.819. The molecule has 0 saturated carbocycles. The number of ether oxygens (including phenoxy) is 6. The van der Waals surface area contributed by atoms with Gasteiger partial charge in [0.1, 0.15) is 43.7 Å². The van der Waals surface area contributed by atoms with E-state index in [0.29, 0.717) is 5.57 Å². The summed E-state index contributed by atoms with van der Waals surface area (Å²) in [5.74, 6) is -2.95. The van der Waals surface area contributed by atoms with Crippen LogP contribution >= 0.6 is 0 Å². The predicted octanol–water partition coefficient (Wildman–Crippen LogP) is 1.32. The van der Waals surface area contributed by atoms with Crippen molar-refractivity contribution in [3.63, 3.8) is 0 Å². The van der Waals surface area contributed by atoms with Gasteiger partial charge in [0.15, 0.2) is 0 Å². The van der Waals surface area contributed by atoms with Crippen LogP contribution < -0.4 is 0 Å². The minimum absolute atomic E-state index is 0.0251. The molecule has 0 amide bonds. The first-order chi connectivity index (χ1) is 16.0. The van der Waals surface area contributed by atoms with Gasteiger partial charge in [-0.2, -0.15) is 0 Å². The van der Waals surface area contributed by atoms with Gasteiger partial charge in [0.2, 0.25) is 0 Å². The van der Waals surface area contributed by atoms with E-state index in [1.807, 2.05) is 6.92 Å². The van der Waals surface area contributed by atoms with Crippen LogP contribution in [0.3, 0.4) is 0 Å². The van der Waals surface area contributed by atoms with Crippen molar-refractivity contribution in [2.75, 3.05) is 13.2 Å². The zero-order chi connectivity index (χ0) is 24.8. The number of fused-ring (bicyclic) bond motifs is 4. The van der Waals surface area contributed by atoms with Gasteiger partial charge in [0.05, 0.1) is 17.1 Å². The Bertz CT molecular complexity index is 994. The summed E-state index contributed by atoms with van der Waals surface area (Å²) < 4.78 is 33.3. The van der Waals surface area contributed by atoms with Gasteiger partial charge in [0, 0.05) is 25.8 Å². The summed E-state index contributed by atoms with van der Waals surface area (Å²) >= 11 is 0. The lowest BCUT2D eigenvalue weighted by molar-refractivity contribution is -0.150. The normalized spacial score (nSPS) is 37.6. The van der Waals surface area contributed by atoms with Gasteiger partial charge in [-0.25, -0.2) is 9.59 Å². The third kappa shape index (κ3) is 4.78. The first-order valence-electron chi connectivity index (χ1n) is 11.1. The topological polar surface area (TPSA) is 130 Å². The van der Waals surface area contributed by atoms with Crippen LogP contribution in [0.4, 0.5) is 0 Å². The average Bonchev–Trinajstić information content (AvgIpc) is 3.64. The Morgan fingerprint density at radius 2 is 1.94 bits per heavy atom. The monoisotopic (exact) mass is 476 g/mol. The molecule has 3 saturated heterocycles. The molecule has 34 heavy (non-hydrogen) atoms. The third-order valence-electron chi connectivity index (χ3n) is 6.52. The summed E-state index contributed by atoms with van der Waals surface area (Å²) in [6, 6.07) is 0. The van der Waals surface area contributed by atoms with Gasteiger partial charge in [-0.3, -0.25) is 9.59 Å². The second kappa shape index (κ2) is 8.99. The fourth-order valence-electron chi connectivity index (χ4n) is 4.58. The van der Waals surface area contributed by atoms with E-state index >= 15 is 0 Å². The van der Waals surface area contributed by atoms with Gasteiger partial charge in [-0.05, 0) is 25.5 Å². The SMILES string of the molecule is C=C1C(=O)O[C@@H]2/C=C(/COC(C)=O)[C@@H]3O[C@@H]3[C@H]3O[C@]3(C)C[C@@H](OC(=O)/C(=C\C)COC(C)=O)[C@@H]12. The van der Waals surface area contributed by atoms with Crippen LogP contribution in [-0.2, 0) is 47.6 Å². The molecule has 0 aromatic carbocycles. The molecular formula is C24H28O10. The number of esters is 4. The van der Waals surface area contributed by atoms with Gasteiger partial charge < -0.3 is 28.4 Å². The maximum Gasteiger partial charge on any atom is 0.337 e. The fraction of sp³-hybridized carbons (Fsp3) is 0.583. The molecule has 0 unspecified atom stereocenters. The lowest BCUT2D eigenvalue weighted by Crippen LogP contribution is -2.38. The molecule has 0 bridgehead atoms. The number of allylic oxidation sites excluding steroid dienone is 1. The van der Waals surface area contributed by atoms with E-state index in [9.17, 15) is 19.2 Å². The summed E-state index contributed by atoms with van der Waals surface area (Å²) in [6.07, 6.45) is 1.05. The van der Waals surface area contributed by atoms with Gasteiger partial charge in [0.25, 0.3) is 0 Å². The van der Waals surface area contributed by atoms with Gasteiger partial charge in [-0.15, -0.1) is 0 Å². The Labute approximate surface area is 196 Å². The Kier molecular flexibility index (Phi) is 6.39. The van der Waals surface area contributed by atoms with E-state index in [2.05, 4.69) is 6.58 Å². The van der Waals surface area contributed by atoms with Crippen molar-refractivity contribution < 1.29 is 47.6 Å². The molecule has 7 atom stereocenters. The number of epoxide rings is 2. The van der Waals surface area contributed by atoms with Crippen LogP contribution in [0.15, 0.2) is 35.5 Å². The molecule has 0 radical (unpaired) electrons. The lowest BCUT2D eigenvalue weighted by Gasteiger charge is -2.28. The van der Waals surface area contributed by atoms with E-state index in [4.69, 9.17) is 28.4 Å². The number of hydrogen-bond donors (Lipinski definition) is 0. The van der Waals surface area contributed by atoms with Crippen LogP contribution in [-0.4, -0.2) is 73.2 Å². The van der Waals surface area contributed by atoms with Crippen molar-refractivity contribution in [2.45, 2.75) is 70.2 Å². The van der Waals surface area contributed by atoms with Crippen molar-refractivity contribution >= 4 is 23.9 Å². The largest absolute Gasteiger partial charge is 0.461 e. The maximum absolute atomic E-state index is 12.9. The molecule has 4 rings (SSSR count). The molecule has 184 valence electrons. The Morgan fingerprint density at radius 1 is 1.24 bits per heavy atom. The summed E-state index contributed by atoms with van der Waals surface area (Å²) in [5, 5.41) is 0. The van der Waals surface area contributed by atoms with Crippen molar-refractivity contribution in [2.24, 2.45) is 5.92 Å². The Hall–Kier alpha value is -2.98. The van der Waals surface area contributed by atoms with Gasteiger partial charge in [-0.1, -0.05) is 12.7 Å². The Balaban J connectivity index is 1.64. The van der Waals surface area contributed by atoms with E-state index in [1.54, 1.807) is 13.0 Å².